The Morgan fingerprint density at radius 3 is 2.29 bits per heavy atom. The first-order valence-electron chi connectivity index (χ1n) is 9.81. The summed E-state index contributed by atoms with van der Waals surface area (Å²) in [6.45, 7) is 0. The summed E-state index contributed by atoms with van der Waals surface area (Å²) < 4.78 is 49.7. The predicted octanol–water partition coefficient (Wildman–Crippen LogP) is 7.03. The molecule has 31 heavy (non-hydrogen) atoms. The second kappa shape index (κ2) is 7.20. The van der Waals surface area contributed by atoms with Crippen molar-refractivity contribution in [3.05, 3.63) is 107 Å². The third-order valence-electron chi connectivity index (χ3n) is 5.55. The average molecular weight is 417 g/mol. The molecule has 0 amide bonds. The van der Waals surface area contributed by atoms with Crippen LogP contribution in [0.1, 0.15) is 16.7 Å². The number of methoxy groups -OCH3 is 1. The van der Waals surface area contributed by atoms with Gasteiger partial charge in [-0.25, -0.2) is 0 Å². The van der Waals surface area contributed by atoms with Crippen molar-refractivity contribution in [1.82, 2.24) is 4.57 Å². The lowest BCUT2D eigenvalue weighted by atomic mass is 9.96. The summed E-state index contributed by atoms with van der Waals surface area (Å²) in [6, 6.07) is 23.7. The Labute approximate surface area is 177 Å². The number of halogens is 3. The van der Waals surface area contributed by atoms with Gasteiger partial charge >= 0.3 is 6.18 Å². The number of benzene rings is 3. The third-order valence-corrected chi connectivity index (χ3v) is 5.55. The Balaban J connectivity index is 1.89. The zero-order valence-corrected chi connectivity index (χ0v) is 16.6. The second-order valence-electron chi connectivity index (χ2n) is 7.34. The summed E-state index contributed by atoms with van der Waals surface area (Å²) in [5, 5.41) is 0.956. The van der Waals surface area contributed by atoms with Crippen LogP contribution in [0.25, 0.3) is 28.2 Å². The minimum atomic E-state index is -4.49. The van der Waals surface area contributed by atoms with Gasteiger partial charge in [0.05, 0.1) is 23.9 Å². The van der Waals surface area contributed by atoms with Gasteiger partial charge in [-0.05, 0) is 64.6 Å². The van der Waals surface area contributed by atoms with Crippen LogP contribution in [0, 0.1) is 0 Å². The molecule has 0 saturated carbocycles. The highest BCUT2D eigenvalue weighted by Gasteiger charge is 2.41. The van der Waals surface area contributed by atoms with Crippen molar-refractivity contribution in [3.8, 4) is 5.75 Å². The third kappa shape index (κ3) is 3.22. The van der Waals surface area contributed by atoms with Crippen molar-refractivity contribution in [2.75, 3.05) is 7.11 Å². The maximum Gasteiger partial charge on any atom is 0.417 e. The van der Waals surface area contributed by atoms with Crippen LogP contribution in [0.3, 0.4) is 0 Å². The van der Waals surface area contributed by atoms with Crippen molar-refractivity contribution in [2.24, 2.45) is 0 Å². The molecule has 0 N–H and O–H groups in total. The van der Waals surface area contributed by atoms with Gasteiger partial charge in [0, 0.05) is 11.8 Å². The normalized spacial score (nSPS) is 15.0. The summed E-state index contributed by atoms with van der Waals surface area (Å²) in [6.07, 6.45) is -1.43. The molecule has 0 spiro atoms. The molecule has 5 rings (SSSR count). The van der Waals surface area contributed by atoms with Gasteiger partial charge in [0.25, 0.3) is 0 Å². The summed E-state index contributed by atoms with van der Waals surface area (Å²) in [7, 11) is 1.56. The van der Waals surface area contributed by atoms with Crippen LogP contribution >= 0.6 is 0 Å². The SMILES string of the molecule is COc1ccc(C(=C2C(C(F)(F)F)=Cc3ccccc32)n2ccc3ccccc32)cc1. The zero-order valence-electron chi connectivity index (χ0n) is 16.6. The van der Waals surface area contributed by atoms with E-state index in [0.29, 0.717) is 28.1 Å². The maximum atomic E-state index is 14.2. The number of nitrogens with zero attached hydrogens (tertiary/aromatic N) is 1. The van der Waals surface area contributed by atoms with Crippen LogP contribution in [0.2, 0.25) is 0 Å². The molecule has 0 aliphatic heterocycles. The lowest BCUT2D eigenvalue weighted by Gasteiger charge is -2.20. The van der Waals surface area contributed by atoms with E-state index in [-0.39, 0.29) is 5.57 Å². The van der Waals surface area contributed by atoms with Crippen LogP contribution < -0.4 is 4.74 Å². The maximum absolute atomic E-state index is 14.2. The van der Waals surface area contributed by atoms with E-state index in [1.807, 2.05) is 41.1 Å². The van der Waals surface area contributed by atoms with E-state index in [1.54, 1.807) is 55.6 Å². The van der Waals surface area contributed by atoms with Gasteiger partial charge in [-0.2, -0.15) is 13.2 Å². The monoisotopic (exact) mass is 417 g/mol. The predicted molar refractivity (Wildman–Crippen MR) is 118 cm³/mol. The smallest absolute Gasteiger partial charge is 0.417 e. The number of hydrogen-bond acceptors (Lipinski definition) is 1. The first-order valence-corrected chi connectivity index (χ1v) is 9.81. The molecular weight excluding hydrogens is 399 g/mol. The van der Waals surface area contributed by atoms with Crippen molar-refractivity contribution >= 4 is 28.2 Å². The van der Waals surface area contributed by atoms with Crippen LogP contribution in [-0.4, -0.2) is 17.9 Å². The highest BCUT2D eigenvalue weighted by atomic mass is 19.4. The topological polar surface area (TPSA) is 14.2 Å². The molecule has 0 fully saturated rings. The Hall–Kier alpha value is -3.73. The van der Waals surface area contributed by atoms with Crippen LogP contribution in [0.4, 0.5) is 13.2 Å². The lowest BCUT2D eigenvalue weighted by molar-refractivity contribution is -0.0859. The molecule has 2 nitrogen and oxygen atoms in total. The zero-order chi connectivity index (χ0) is 21.6. The van der Waals surface area contributed by atoms with E-state index in [2.05, 4.69) is 0 Å². The lowest BCUT2D eigenvalue weighted by Crippen LogP contribution is -2.14. The summed E-state index contributed by atoms with van der Waals surface area (Å²) in [4.78, 5) is 0. The number of para-hydroxylation sites is 1. The van der Waals surface area contributed by atoms with Crippen molar-refractivity contribution in [2.45, 2.75) is 6.18 Å². The Morgan fingerprint density at radius 1 is 0.839 bits per heavy atom. The van der Waals surface area contributed by atoms with Gasteiger partial charge in [-0.3, -0.25) is 0 Å². The molecule has 4 aromatic rings. The fraction of sp³-hybridized carbons (Fsp3) is 0.0769. The van der Waals surface area contributed by atoms with Gasteiger partial charge < -0.3 is 9.30 Å². The first kappa shape index (κ1) is 19.2. The second-order valence-corrected chi connectivity index (χ2v) is 7.34. The van der Waals surface area contributed by atoms with E-state index >= 15 is 0 Å². The van der Waals surface area contributed by atoms with Crippen molar-refractivity contribution < 1.29 is 17.9 Å². The standard InChI is InChI=1S/C26H18F3NO/c1-31-20-12-10-18(11-13-20)25(30-15-14-17-6-3-5-9-23(17)30)24-21-8-4-2-7-19(21)16-22(24)26(27,28)29/h2-16H,1H3. The number of hydrogen-bond donors (Lipinski definition) is 0. The van der Waals surface area contributed by atoms with Crippen molar-refractivity contribution in [3.63, 3.8) is 0 Å². The summed E-state index contributed by atoms with van der Waals surface area (Å²) in [5.74, 6) is 0.642. The summed E-state index contributed by atoms with van der Waals surface area (Å²) in [5.41, 5.74) is 2.66. The molecule has 1 heterocycles. The van der Waals surface area contributed by atoms with Crippen molar-refractivity contribution in [1.29, 1.82) is 0 Å². The molecule has 0 bridgehead atoms. The fourth-order valence-electron chi connectivity index (χ4n) is 4.13. The molecular formula is C26H18F3NO. The van der Waals surface area contributed by atoms with E-state index in [4.69, 9.17) is 4.74 Å². The van der Waals surface area contributed by atoms with E-state index in [1.165, 1.54) is 6.08 Å². The molecule has 0 radical (unpaired) electrons. The quantitative estimate of drug-likeness (QED) is 0.349. The molecule has 3 aromatic carbocycles. The highest BCUT2D eigenvalue weighted by molar-refractivity contribution is 6.08. The molecule has 0 unspecified atom stereocenters. The van der Waals surface area contributed by atoms with Gasteiger partial charge in [-0.1, -0.05) is 42.5 Å². The van der Waals surface area contributed by atoms with Gasteiger partial charge in [-0.15, -0.1) is 0 Å². The molecule has 1 aliphatic rings. The Bertz CT molecular complexity index is 1340. The largest absolute Gasteiger partial charge is 0.497 e. The van der Waals surface area contributed by atoms with Crippen LogP contribution in [0.5, 0.6) is 5.75 Å². The highest BCUT2D eigenvalue weighted by Crippen LogP contribution is 2.48. The minimum absolute atomic E-state index is 0.176. The van der Waals surface area contributed by atoms with Gasteiger partial charge in [0.1, 0.15) is 5.75 Å². The number of allylic oxidation sites excluding steroid dienone is 2. The molecule has 1 aliphatic carbocycles. The number of ether oxygens (including phenoxy) is 1. The number of aromatic nitrogens is 1. The van der Waals surface area contributed by atoms with Crippen LogP contribution in [-0.2, 0) is 0 Å². The number of fused-ring (bicyclic) bond motifs is 2. The minimum Gasteiger partial charge on any atom is -0.497 e. The molecule has 0 saturated heterocycles. The Morgan fingerprint density at radius 2 is 1.55 bits per heavy atom. The van der Waals surface area contributed by atoms with Gasteiger partial charge in [0.15, 0.2) is 0 Å². The first-order chi connectivity index (χ1) is 15.0. The van der Waals surface area contributed by atoms with E-state index in [9.17, 15) is 13.2 Å². The number of alkyl halides is 3. The molecule has 154 valence electrons. The molecule has 5 heteroatoms. The fourth-order valence-corrected chi connectivity index (χ4v) is 4.13. The van der Waals surface area contributed by atoms with E-state index < -0.39 is 11.7 Å². The van der Waals surface area contributed by atoms with Gasteiger partial charge in [0.2, 0.25) is 0 Å². The molecule has 0 atom stereocenters. The number of rotatable bonds is 3. The molecule has 1 aromatic heterocycles. The Kier molecular flexibility index (Phi) is 4.47. The van der Waals surface area contributed by atoms with Crippen LogP contribution in [0.15, 0.2) is 90.6 Å². The summed E-state index contributed by atoms with van der Waals surface area (Å²) >= 11 is 0. The van der Waals surface area contributed by atoms with E-state index in [0.717, 1.165) is 10.9 Å². The average Bonchev–Trinajstić information content (AvgIpc) is 3.37.